The molecule has 0 aliphatic heterocycles. The van der Waals surface area contributed by atoms with Gasteiger partial charge in [0.2, 0.25) is 0 Å². The van der Waals surface area contributed by atoms with Gasteiger partial charge in [-0.1, -0.05) is 30.3 Å². The number of hydrogen-bond acceptors (Lipinski definition) is 5. The van der Waals surface area contributed by atoms with Crippen molar-refractivity contribution < 1.29 is 4.74 Å². The molecule has 3 aromatic heterocycles. The molecular formula is C21H18N6O. The Morgan fingerprint density at radius 3 is 2.57 bits per heavy atom. The topological polar surface area (TPSA) is 70.1 Å². The summed E-state index contributed by atoms with van der Waals surface area (Å²) in [5, 5.41) is 10.0. The Balaban J connectivity index is 1.48. The average molecular weight is 370 g/mol. The second-order valence-corrected chi connectivity index (χ2v) is 6.54. The Hall–Kier alpha value is -3.74. The lowest BCUT2D eigenvalue weighted by atomic mass is 10.1. The summed E-state index contributed by atoms with van der Waals surface area (Å²) < 4.78 is 8.83. The summed E-state index contributed by atoms with van der Waals surface area (Å²) in [6, 6.07) is 18.1. The molecule has 0 amide bonds. The van der Waals surface area contributed by atoms with Gasteiger partial charge in [-0.2, -0.15) is 5.10 Å². The van der Waals surface area contributed by atoms with Crippen molar-refractivity contribution >= 4 is 16.7 Å². The molecule has 0 unspecified atom stereocenters. The van der Waals surface area contributed by atoms with Crippen molar-refractivity contribution in [3.05, 3.63) is 72.7 Å². The summed E-state index contributed by atoms with van der Waals surface area (Å²) in [7, 11) is 1.65. The van der Waals surface area contributed by atoms with Crippen molar-refractivity contribution in [2.75, 3.05) is 7.11 Å². The monoisotopic (exact) mass is 370 g/mol. The van der Waals surface area contributed by atoms with Crippen LogP contribution in [0.2, 0.25) is 0 Å². The van der Waals surface area contributed by atoms with Crippen LogP contribution in [0.3, 0.4) is 0 Å². The number of ether oxygens (including phenoxy) is 1. The van der Waals surface area contributed by atoms with Crippen LogP contribution in [-0.4, -0.2) is 36.5 Å². The van der Waals surface area contributed by atoms with Gasteiger partial charge in [-0.05, 0) is 36.2 Å². The standard InChI is InChI=1S/C21H18N6O/c1-28-17-9-7-16(8-10-17)19-23-21-18-13-26(12-11-15-5-3-2-4-6-15)24-20(18)22-14-27(21)25-19/h2-10,13-14H,11-12H2,1H3. The maximum Gasteiger partial charge on any atom is 0.186 e. The number of aromatic nitrogens is 6. The van der Waals surface area contributed by atoms with E-state index in [4.69, 9.17) is 9.72 Å². The quantitative estimate of drug-likeness (QED) is 0.474. The fourth-order valence-corrected chi connectivity index (χ4v) is 3.23. The van der Waals surface area contributed by atoms with Gasteiger partial charge in [0.25, 0.3) is 0 Å². The average Bonchev–Trinajstić information content (AvgIpc) is 3.36. The first-order chi connectivity index (χ1) is 13.8. The zero-order valence-electron chi connectivity index (χ0n) is 15.4. The highest BCUT2D eigenvalue weighted by Gasteiger charge is 2.13. The number of rotatable bonds is 5. The molecule has 0 radical (unpaired) electrons. The van der Waals surface area contributed by atoms with E-state index in [9.17, 15) is 0 Å². The molecule has 5 aromatic rings. The van der Waals surface area contributed by atoms with Crippen LogP contribution in [0, 0.1) is 0 Å². The number of hydrogen-bond donors (Lipinski definition) is 0. The van der Waals surface area contributed by atoms with Gasteiger partial charge in [-0.25, -0.2) is 14.5 Å². The largest absolute Gasteiger partial charge is 0.497 e. The first kappa shape index (κ1) is 16.4. The molecule has 5 rings (SSSR count). The molecule has 0 bridgehead atoms. The lowest BCUT2D eigenvalue weighted by Crippen LogP contribution is -2.01. The van der Waals surface area contributed by atoms with Gasteiger partial charge >= 0.3 is 0 Å². The number of benzene rings is 2. The molecule has 7 heteroatoms. The number of methoxy groups -OCH3 is 1. The minimum absolute atomic E-state index is 0.647. The maximum atomic E-state index is 5.21. The van der Waals surface area contributed by atoms with Crippen molar-refractivity contribution in [2.45, 2.75) is 13.0 Å². The van der Waals surface area contributed by atoms with E-state index in [1.165, 1.54) is 5.56 Å². The van der Waals surface area contributed by atoms with Crippen molar-refractivity contribution in [3.63, 3.8) is 0 Å². The highest BCUT2D eigenvalue weighted by atomic mass is 16.5. The van der Waals surface area contributed by atoms with Crippen LogP contribution in [0.1, 0.15) is 5.56 Å². The van der Waals surface area contributed by atoms with Gasteiger partial charge in [0.05, 0.1) is 12.5 Å². The van der Waals surface area contributed by atoms with Gasteiger partial charge in [0, 0.05) is 18.3 Å². The van der Waals surface area contributed by atoms with Gasteiger partial charge in [0.15, 0.2) is 17.1 Å². The molecule has 3 heterocycles. The highest BCUT2D eigenvalue weighted by Crippen LogP contribution is 2.22. The molecule has 0 saturated carbocycles. The summed E-state index contributed by atoms with van der Waals surface area (Å²) in [5.74, 6) is 1.45. The molecule has 0 atom stereocenters. The molecule has 0 aliphatic carbocycles. The van der Waals surface area contributed by atoms with Crippen LogP contribution in [0.4, 0.5) is 0 Å². The predicted molar refractivity (Wildman–Crippen MR) is 106 cm³/mol. The molecule has 28 heavy (non-hydrogen) atoms. The zero-order valence-corrected chi connectivity index (χ0v) is 15.4. The Morgan fingerprint density at radius 2 is 1.79 bits per heavy atom. The first-order valence-electron chi connectivity index (χ1n) is 9.07. The molecule has 138 valence electrons. The van der Waals surface area contributed by atoms with Crippen LogP contribution in [0.25, 0.3) is 28.1 Å². The van der Waals surface area contributed by atoms with E-state index in [0.717, 1.165) is 35.3 Å². The van der Waals surface area contributed by atoms with Gasteiger partial charge in [-0.3, -0.25) is 4.68 Å². The Labute approximate surface area is 161 Å². The third-order valence-corrected chi connectivity index (χ3v) is 4.72. The van der Waals surface area contributed by atoms with Crippen molar-refractivity contribution in [2.24, 2.45) is 0 Å². The van der Waals surface area contributed by atoms with E-state index < -0.39 is 0 Å². The smallest absolute Gasteiger partial charge is 0.186 e. The normalized spacial score (nSPS) is 11.3. The Morgan fingerprint density at radius 1 is 0.964 bits per heavy atom. The molecular weight excluding hydrogens is 352 g/mol. The fraction of sp³-hybridized carbons (Fsp3) is 0.143. The van der Waals surface area contributed by atoms with E-state index in [1.807, 2.05) is 41.2 Å². The first-order valence-corrected chi connectivity index (χ1v) is 9.07. The minimum Gasteiger partial charge on any atom is -0.497 e. The maximum absolute atomic E-state index is 5.21. The fourth-order valence-electron chi connectivity index (χ4n) is 3.23. The third-order valence-electron chi connectivity index (χ3n) is 4.72. The van der Waals surface area contributed by atoms with E-state index in [0.29, 0.717) is 11.5 Å². The molecule has 2 aromatic carbocycles. The van der Waals surface area contributed by atoms with Crippen LogP contribution in [0.15, 0.2) is 67.1 Å². The molecule has 0 saturated heterocycles. The number of fused-ring (bicyclic) bond motifs is 3. The summed E-state index contributed by atoms with van der Waals surface area (Å²) in [6.45, 7) is 0.784. The Bertz CT molecular complexity index is 1240. The lowest BCUT2D eigenvalue weighted by Gasteiger charge is -2.00. The SMILES string of the molecule is COc1ccc(-c2nc3c4cn(CCc5ccccc5)nc4ncn3n2)cc1. The lowest BCUT2D eigenvalue weighted by molar-refractivity contribution is 0.415. The minimum atomic E-state index is 0.647. The van der Waals surface area contributed by atoms with E-state index in [1.54, 1.807) is 18.0 Å². The van der Waals surface area contributed by atoms with E-state index in [-0.39, 0.29) is 0 Å². The molecule has 0 fully saturated rings. The molecule has 0 N–H and O–H groups in total. The Kier molecular flexibility index (Phi) is 3.97. The van der Waals surface area contributed by atoms with Crippen LogP contribution in [0.5, 0.6) is 5.75 Å². The van der Waals surface area contributed by atoms with E-state index >= 15 is 0 Å². The summed E-state index contributed by atoms with van der Waals surface area (Å²) in [5.41, 5.74) is 3.63. The molecule has 0 aliphatic rings. The second-order valence-electron chi connectivity index (χ2n) is 6.54. The van der Waals surface area contributed by atoms with Crippen molar-refractivity contribution in [3.8, 4) is 17.1 Å². The van der Waals surface area contributed by atoms with Crippen LogP contribution in [-0.2, 0) is 13.0 Å². The second kappa shape index (κ2) is 6.77. The highest BCUT2D eigenvalue weighted by molar-refractivity contribution is 5.88. The van der Waals surface area contributed by atoms with Gasteiger partial charge in [0.1, 0.15) is 12.1 Å². The third kappa shape index (κ3) is 2.96. The number of nitrogens with zero attached hydrogens (tertiary/aromatic N) is 6. The molecule has 7 nitrogen and oxygen atoms in total. The van der Waals surface area contributed by atoms with E-state index in [2.05, 4.69) is 39.4 Å². The van der Waals surface area contributed by atoms with Gasteiger partial charge < -0.3 is 4.74 Å². The zero-order chi connectivity index (χ0) is 18.9. The van der Waals surface area contributed by atoms with Crippen LogP contribution >= 0.6 is 0 Å². The van der Waals surface area contributed by atoms with Crippen molar-refractivity contribution in [1.82, 2.24) is 29.4 Å². The molecule has 0 spiro atoms. The van der Waals surface area contributed by atoms with Gasteiger partial charge in [-0.15, -0.1) is 5.10 Å². The number of aryl methyl sites for hydroxylation is 2. The summed E-state index contributed by atoms with van der Waals surface area (Å²) >= 11 is 0. The summed E-state index contributed by atoms with van der Waals surface area (Å²) in [4.78, 5) is 9.14. The van der Waals surface area contributed by atoms with Crippen molar-refractivity contribution in [1.29, 1.82) is 0 Å². The van der Waals surface area contributed by atoms with Crippen LogP contribution < -0.4 is 4.74 Å². The summed E-state index contributed by atoms with van der Waals surface area (Å²) in [6.07, 6.45) is 4.56. The predicted octanol–water partition coefficient (Wildman–Crippen LogP) is 3.39.